The van der Waals surface area contributed by atoms with Crippen molar-refractivity contribution in [3.63, 3.8) is 0 Å². The zero-order chi connectivity index (χ0) is 14.4. The van der Waals surface area contributed by atoms with E-state index in [-0.39, 0.29) is 5.75 Å². The van der Waals surface area contributed by atoms with Gasteiger partial charge >= 0.3 is 0 Å². The highest BCUT2D eigenvalue weighted by atomic mass is 16.3. The molecule has 3 rings (SSSR count). The molecule has 0 spiro atoms. The van der Waals surface area contributed by atoms with Crippen LogP contribution >= 0.6 is 0 Å². The van der Waals surface area contributed by atoms with Gasteiger partial charge in [-0.25, -0.2) is 4.98 Å². The maximum Gasteiger partial charge on any atom is 0.181 e. The summed E-state index contributed by atoms with van der Waals surface area (Å²) in [5.74, 6) is 1.37. The Balaban J connectivity index is 0.000000704. The molecule has 3 aromatic rings. The summed E-state index contributed by atoms with van der Waals surface area (Å²) in [5.41, 5.74) is 1.59. The standard InChI is InChI=1S/C14H11N3O.C2H6/c18-12-9-5-4-8-11(12)14-15-13(16-17-14)10-6-2-1-3-7-10;1-2/h1-9,18H,(H,15,16,17);1-2H3. The van der Waals surface area contributed by atoms with Crippen LogP contribution in [0.3, 0.4) is 0 Å². The Bertz CT molecular complexity index is 662. The van der Waals surface area contributed by atoms with E-state index in [2.05, 4.69) is 15.2 Å². The number of aromatic amines is 1. The molecule has 2 N–H and O–H groups in total. The van der Waals surface area contributed by atoms with Gasteiger partial charge in [0.05, 0.1) is 5.56 Å². The lowest BCUT2D eigenvalue weighted by atomic mass is 10.2. The lowest BCUT2D eigenvalue weighted by Crippen LogP contribution is -1.81. The van der Waals surface area contributed by atoms with Crippen molar-refractivity contribution in [3.05, 3.63) is 54.6 Å². The predicted molar refractivity (Wildman–Crippen MR) is 80.3 cm³/mol. The molecule has 0 fully saturated rings. The minimum atomic E-state index is 0.188. The number of benzene rings is 2. The van der Waals surface area contributed by atoms with Crippen molar-refractivity contribution in [2.45, 2.75) is 13.8 Å². The van der Waals surface area contributed by atoms with Crippen LogP contribution in [0.25, 0.3) is 22.8 Å². The Morgan fingerprint density at radius 3 is 2.25 bits per heavy atom. The van der Waals surface area contributed by atoms with Crippen LogP contribution in [0.5, 0.6) is 5.75 Å². The molecule has 2 aromatic carbocycles. The minimum Gasteiger partial charge on any atom is -0.507 e. The third kappa shape index (κ3) is 2.85. The Morgan fingerprint density at radius 1 is 0.900 bits per heavy atom. The Morgan fingerprint density at radius 2 is 1.55 bits per heavy atom. The normalized spacial score (nSPS) is 9.70. The molecule has 0 aliphatic heterocycles. The maximum absolute atomic E-state index is 9.76. The summed E-state index contributed by atoms with van der Waals surface area (Å²) < 4.78 is 0. The topological polar surface area (TPSA) is 61.8 Å². The minimum absolute atomic E-state index is 0.188. The molecule has 0 bridgehead atoms. The fourth-order valence-corrected chi connectivity index (χ4v) is 1.77. The van der Waals surface area contributed by atoms with Crippen molar-refractivity contribution >= 4 is 0 Å². The fraction of sp³-hybridized carbons (Fsp3) is 0.125. The first kappa shape index (κ1) is 13.8. The second-order valence-electron chi connectivity index (χ2n) is 3.89. The van der Waals surface area contributed by atoms with Gasteiger partial charge in [0, 0.05) is 5.56 Å². The molecule has 0 amide bonds. The summed E-state index contributed by atoms with van der Waals surface area (Å²) in [5, 5.41) is 16.8. The zero-order valence-electron chi connectivity index (χ0n) is 11.5. The van der Waals surface area contributed by atoms with E-state index in [0.717, 1.165) is 5.56 Å². The largest absolute Gasteiger partial charge is 0.507 e. The SMILES string of the molecule is CC.Oc1ccccc1-c1nc(-c2ccccc2)n[nH]1. The molecule has 20 heavy (non-hydrogen) atoms. The summed E-state index contributed by atoms with van der Waals surface area (Å²) in [7, 11) is 0. The van der Waals surface area contributed by atoms with E-state index in [1.54, 1.807) is 18.2 Å². The van der Waals surface area contributed by atoms with E-state index < -0.39 is 0 Å². The molecular formula is C16H17N3O. The van der Waals surface area contributed by atoms with Gasteiger partial charge in [0.2, 0.25) is 0 Å². The summed E-state index contributed by atoms with van der Waals surface area (Å²) in [6.45, 7) is 4.00. The number of para-hydroxylation sites is 1. The second kappa shape index (κ2) is 6.52. The van der Waals surface area contributed by atoms with Crippen LogP contribution in [0.2, 0.25) is 0 Å². The predicted octanol–water partition coefficient (Wildman–Crippen LogP) is 3.87. The van der Waals surface area contributed by atoms with Crippen molar-refractivity contribution in [3.8, 4) is 28.5 Å². The molecule has 1 heterocycles. The van der Waals surface area contributed by atoms with Crippen LogP contribution in [0.4, 0.5) is 0 Å². The van der Waals surface area contributed by atoms with Crippen molar-refractivity contribution in [2.24, 2.45) is 0 Å². The summed E-state index contributed by atoms with van der Waals surface area (Å²) in [4.78, 5) is 4.38. The van der Waals surface area contributed by atoms with E-state index in [9.17, 15) is 5.11 Å². The first-order valence-corrected chi connectivity index (χ1v) is 6.61. The number of rotatable bonds is 2. The van der Waals surface area contributed by atoms with E-state index in [1.165, 1.54) is 0 Å². The van der Waals surface area contributed by atoms with E-state index in [0.29, 0.717) is 17.2 Å². The zero-order valence-corrected chi connectivity index (χ0v) is 11.5. The molecule has 4 nitrogen and oxygen atoms in total. The quantitative estimate of drug-likeness (QED) is 0.741. The highest BCUT2D eigenvalue weighted by Gasteiger charge is 2.09. The molecular weight excluding hydrogens is 250 g/mol. The number of phenolic OH excluding ortho intramolecular Hbond substituents is 1. The number of nitrogens with zero attached hydrogens (tertiary/aromatic N) is 2. The molecule has 0 saturated carbocycles. The van der Waals surface area contributed by atoms with Crippen molar-refractivity contribution < 1.29 is 5.11 Å². The maximum atomic E-state index is 9.76. The lowest BCUT2D eigenvalue weighted by molar-refractivity contribution is 0.477. The Hall–Kier alpha value is -2.62. The van der Waals surface area contributed by atoms with Crippen LogP contribution in [-0.4, -0.2) is 20.3 Å². The van der Waals surface area contributed by atoms with E-state index in [4.69, 9.17) is 0 Å². The van der Waals surface area contributed by atoms with Crippen LogP contribution in [-0.2, 0) is 0 Å². The molecule has 4 heteroatoms. The summed E-state index contributed by atoms with van der Waals surface area (Å²) in [6, 6.07) is 16.7. The average molecular weight is 267 g/mol. The van der Waals surface area contributed by atoms with Gasteiger partial charge in [0.25, 0.3) is 0 Å². The number of aromatic hydroxyl groups is 1. The van der Waals surface area contributed by atoms with Gasteiger partial charge in [-0.3, -0.25) is 5.10 Å². The van der Waals surface area contributed by atoms with Crippen molar-refractivity contribution in [2.75, 3.05) is 0 Å². The molecule has 0 saturated heterocycles. The number of hydrogen-bond acceptors (Lipinski definition) is 3. The molecule has 0 unspecified atom stereocenters. The monoisotopic (exact) mass is 267 g/mol. The van der Waals surface area contributed by atoms with Crippen LogP contribution in [0.15, 0.2) is 54.6 Å². The number of nitrogens with one attached hydrogen (secondary N) is 1. The molecule has 0 radical (unpaired) electrons. The van der Waals surface area contributed by atoms with Gasteiger partial charge in [-0.05, 0) is 12.1 Å². The third-order valence-electron chi connectivity index (χ3n) is 2.68. The first-order valence-electron chi connectivity index (χ1n) is 6.61. The molecule has 0 aliphatic carbocycles. The van der Waals surface area contributed by atoms with Crippen LogP contribution in [0.1, 0.15) is 13.8 Å². The first-order chi connectivity index (χ1) is 9.84. The van der Waals surface area contributed by atoms with E-state index in [1.807, 2.05) is 50.2 Å². The smallest absolute Gasteiger partial charge is 0.181 e. The van der Waals surface area contributed by atoms with Crippen LogP contribution < -0.4 is 0 Å². The van der Waals surface area contributed by atoms with Gasteiger partial charge in [0.1, 0.15) is 5.75 Å². The number of aromatic nitrogens is 3. The third-order valence-corrected chi connectivity index (χ3v) is 2.68. The molecule has 0 atom stereocenters. The van der Waals surface area contributed by atoms with E-state index >= 15 is 0 Å². The lowest BCUT2D eigenvalue weighted by Gasteiger charge is -1.98. The highest BCUT2D eigenvalue weighted by Crippen LogP contribution is 2.26. The number of H-pyrrole nitrogens is 1. The summed E-state index contributed by atoms with van der Waals surface area (Å²) >= 11 is 0. The fourth-order valence-electron chi connectivity index (χ4n) is 1.77. The number of hydrogen-bond donors (Lipinski definition) is 2. The Labute approximate surface area is 118 Å². The van der Waals surface area contributed by atoms with Gasteiger partial charge in [-0.15, -0.1) is 0 Å². The van der Waals surface area contributed by atoms with Crippen LogP contribution in [0, 0.1) is 0 Å². The van der Waals surface area contributed by atoms with Crippen molar-refractivity contribution in [1.82, 2.24) is 15.2 Å². The molecule has 1 aromatic heterocycles. The van der Waals surface area contributed by atoms with Gasteiger partial charge in [-0.2, -0.15) is 5.10 Å². The molecule has 0 aliphatic rings. The molecule has 102 valence electrons. The van der Waals surface area contributed by atoms with Crippen molar-refractivity contribution in [1.29, 1.82) is 0 Å². The van der Waals surface area contributed by atoms with Gasteiger partial charge in [-0.1, -0.05) is 56.3 Å². The van der Waals surface area contributed by atoms with Gasteiger partial charge in [0.15, 0.2) is 11.6 Å². The highest BCUT2D eigenvalue weighted by molar-refractivity contribution is 5.65. The second-order valence-corrected chi connectivity index (χ2v) is 3.89. The Kier molecular flexibility index (Phi) is 4.50. The summed E-state index contributed by atoms with van der Waals surface area (Å²) in [6.07, 6.45) is 0. The van der Waals surface area contributed by atoms with Gasteiger partial charge < -0.3 is 5.11 Å². The average Bonchev–Trinajstić information content (AvgIpc) is 3.00. The number of phenols is 1.